The average Bonchev–Trinajstić information content (AvgIpc) is 3.11. The van der Waals surface area contributed by atoms with Crippen LogP contribution in [0.25, 0.3) is 0 Å². The molecular formula is C20H31Cl2N5O. The maximum Gasteiger partial charge on any atom is 0.239 e. The summed E-state index contributed by atoms with van der Waals surface area (Å²) in [4.78, 5) is 14.6. The molecule has 1 aliphatic rings. The molecule has 0 spiro atoms. The summed E-state index contributed by atoms with van der Waals surface area (Å²) in [6.45, 7) is 8.19. The smallest absolute Gasteiger partial charge is 0.239 e. The molecule has 1 fully saturated rings. The van der Waals surface area contributed by atoms with Crippen LogP contribution in [0.15, 0.2) is 36.4 Å². The number of amides is 1. The monoisotopic (exact) mass is 427 g/mol. The van der Waals surface area contributed by atoms with Gasteiger partial charge in [0.05, 0.1) is 12.2 Å². The number of carbonyl (C=O) groups excluding carboxylic acids is 1. The number of nitrogens with zero attached hydrogens (tertiary/aromatic N) is 3. The van der Waals surface area contributed by atoms with E-state index in [1.807, 2.05) is 31.3 Å². The number of nitrogens with two attached hydrogens (primary N) is 1. The van der Waals surface area contributed by atoms with Gasteiger partial charge in [0.15, 0.2) is 0 Å². The molecule has 2 heterocycles. The summed E-state index contributed by atoms with van der Waals surface area (Å²) < 4.78 is 1.72. The van der Waals surface area contributed by atoms with Gasteiger partial charge in [0.25, 0.3) is 0 Å². The molecular weight excluding hydrogens is 397 g/mol. The van der Waals surface area contributed by atoms with Crippen molar-refractivity contribution in [3.63, 3.8) is 0 Å². The molecule has 2 aromatic rings. The minimum atomic E-state index is -0.0502. The number of nitrogens with one attached hydrogen (secondary N) is 1. The minimum Gasteiger partial charge on any atom is -0.326 e. The van der Waals surface area contributed by atoms with E-state index in [2.05, 4.69) is 48.2 Å². The lowest BCUT2D eigenvalue weighted by Crippen LogP contribution is -2.34. The van der Waals surface area contributed by atoms with Gasteiger partial charge in [-0.15, -0.1) is 24.8 Å². The third kappa shape index (κ3) is 5.70. The highest BCUT2D eigenvalue weighted by molar-refractivity contribution is 5.91. The Bertz CT molecular complexity index is 773. The first-order chi connectivity index (χ1) is 12.2. The molecule has 3 rings (SSSR count). The van der Waals surface area contributed by atoms with E-state index in [-0.39, 0.29) is 48.1 Å². The third-order valence-electron chi connectivity index (χ3n) is 4.95. The Morgan fingerprint density at radius 1 is 1.21 bits per heavy atom. The van der Waals surface area contributed by atoms with Crippen LogP contribution in [0.3, 0.4) is 0 Å². The number of aromatic nitrogens is 2. The number of aryl methyl sites for hydroxylation is 1. The second-order valence-electron chi connectivity index (χ2n) is 8.21. The highest BCUT2D eigenvalue weighted by Crippen LogP contribution is 2.26. The molecule has 6 nitrogen and oxygen atoms in total. The Morgan fingerprint density at radius 2 is 1.86 bits per heavy atom. The van der Waals surface area contributed by atoms with Gasteiger partial charge in [-0.3, -0.25) is 14.4 Å². The molecule has 0 bridgehead atoms. The molecule has 1 aliphatic heterocycles. The lowest BCUT2D eigenvalue weighted by atomic mass is 9.92. The fourth-order valence-corrected chi connectivity index (χ4v) is 3.43. The number of benzene rings is 1. The first-order valence-corrected chi connectivity index (χ1v) is 9.11. The van der Waals surface area contributed by atoms with Gasteiger partial charge in [-0.2, -0.15) is 5.10 Å². The standard InChI is InChI=1S/C20H29N5O.2ClH/c1-20(2,3)17-10-18(24(4)23-17)22-19(26)13-25-11-15(16(21)12-25)14-8-6-5-7-9-14;;/h5-10,15-16H,11-13,21H2,1-4H3,(H,22,26);2*1H/t15-,16+;;/m0../s1. The molecule has 0 radical (unpaired) electrons. The van der Waals surface area contributed by atoms with Crippen LogP contribution >= 0.6 is 24.8 Å². The highest BCUT2D eigenvalue weighted by Gasteiger charge is 2.32. The van der Waals surface area contributed by atoms with E-state index in [1.165, 1.54) is 5.56 Å². The summed E-state index contributed by atoms with van der Waals surface area (Å²) in [7, 11) is 1.85. The fraction of sp³-hybridized carbons (Fsp3) is 0.500. The van der Waals surface area contributed by atoms with Crippen LogP contribution in [0, 0.1) is 0 Å². The zero-order valence-electron chi connectivity index (χ0n) is 16.9. The number of anilines is 1. The van der Waals surface area contributed by atoms with E-state index in [9.17, 15) is 4.79 Å². The van der Waals surface area contributed by atoms with E-state index in [4.69, 9.17) is 5.73 Å². The van der Waals surface area contributed by atoms with Crippen LogP contribution in [-0.4, -0.2) is 46.3 Å². The molecule has 3 N–H and O–H groups in total. The Labute approximate surface area is 179 Å². The van der Waals surface area contributed by atoms with E-state index < -0.39 is 0 Å². The van der Waals surface area contributed by atoms with Crippen molar-refractivity contribution in [2.45, 2.75) is 38.1 Å². The van der Waals surface area contributed by atoms with E-state index >= 15 is 0 Å². The maximum atomic E-state index is 12.5. The van der Waals surface area contributed by atoms with Crippen LogP contribution in [0.4, 0.5) is 5.82 Å². The first kappa shape index (κ1) is 24.4. The predicted octanol–water partition coefficient (Wildman–Crippen LogP) is 2.93. The Kier molecular flexibility index (Phi) is 8.50. The lowest BCUT2D eigenvalue weighted by molar-refractivity contribution is -0.117. The third-order valence-corrected chi connectivity index (χ3v) is 4.95. The summed E-state index contributed by atoms with van der Waals surface area (Å²) in [5.74, 6) is 0.964. The van der Waals surface area contributed by atoms with E-state index in [1.54, 1.807) is 4.68 Å². The number of likely N-dealkylation sites (tertiary alicyclic amines) is 1. The number of halogens is 2. The van der Waals surface area contributed by atoms with Crippen molar-refractivity contribution in [3.05, 3.63) is 47.7 Å². The molecule has 8 heteroatoms. The molecule has 0 unspecified atom stereocenters. The van der Waals surface area contributed by atoms with Gasteiger partial charge >= 0.3 is 0 Å². The highest BCUT2D eigenvalue weighted by atomic mass is 35.5. The van der Waals surface area contributed by atoms with Crippen molar-refractivity contribution < 1.29 is 4.79 Å². The van der Waals surface area contributed by atoms with E-state index in [0.29, 0.717) is 6.54 Å². The molecule has 2 atom stereocenters. The lowest BCUT2D eigenvalue weighted by Gasteiger charge is -2.16. The van der Waals surface area contributed by atoms with Gasteiger partial charge < -0.3 is 11.1 Å². The Morgan fingerprint density at radius 3 is 2.43 bits per heavy atom. The predicted molar refractivity (Wildman–Crippen MR) is 119 cm³/mol. The van der Waals surface area contributed by atoms with Crippen molar-refractivity contribution in [2.24, 2.45) is 12.8 Å². The molecule has 1 aromatic heterocycles. The second kappa shape index (κ2) is 9.74. The number of rotatable bonds is 4. The molecule has 0 aliphatic carbocycles. The maximum absolute atomic E-state index is 12.5. The minimum absolute atomic E-state index is 0. The first-order valence-electron chi connectivity index (χ1n) is 9.11. The Balaban J connectivity index is 0.00000196. The molecule has 156 valence electrons. The molecule has 1 amide bonds. The molecule has 1 saturated heterocycles. The number of hydrogen-bond donors (Lipinski definition) is 2. The van der Waals surface area contributed by atoms with Crippen molar-refractivity contribution in [1.29, 1.82) is 0 Å². The van der Waals surface area contributed by atoms with Crippen molar-refractivity contribution in [2.75, 3.05) is 25.0 Å². The summed E-state index contributed by atoms with van der Waals surface area (Å²) in [5.41, 5.74) is 8.47. The second-order valence-corrected chi connectivity index (χ2v) is 8.21. The SMILES string of the molecule is Cl.Cl.Cn1nc(C(C)(C)C)cc1NC(=O)CN1C[C@@H](N)[C@H](c2ccccc2)C1. The zero-order valence-corrected chi connectivity index (χ0v) is 18.5. The van der Waals surface area contributed by atoms with Crippen LogP contribution in [-0.2, 0) is 17.3 Å². The van der Waals surface area contributed by atoms with Gasteiger partial charge in [0, 0.05) is 43.6 Å². The topological polar surface area (TPSA) is 76.2 Å². The van der Waals surface area contributed by atoms with Gasteiger partial charge in [-0.1, -0.05) is 51.1 Å². The van der Waals surface area contributed by atoms with Crippen molar-refractivity contribution in [1.82, 2.24) is 14.7 Å². The summed E-state index contributed by atoms with van der Waals surface area (Å²) in [5, 5.41) is 7.48. The Hall–Kier alpha value is -1.60. The normalized spacial score (nSPS) is 19.6. The molecule has 0 saturated carbocycles. The van der Waals surface area contributed by atoms with Crippen molar-refractivity contribution >= 4 is 36.5 Å². The van der Waals surface area contributed by atoms with Gasteiger partial charge in [-0.05, 0) is 5.56 Å². The van der Waals surface area contributed by atoms with E-state index in [0.717, 1.165) is 24.6 Å². The summed E-state index contributed by atoms with van der Waals surface area (Å²) in [6, 6.07) is 12.3. The fourth-order valence-electron chi connectivity index (χ4n) is 3.43. The largest absolute Gasteiger partial charge is 0.326 e. The zero-order chi connectivity index (χ0) is 18.9. The summed E-state index contributed by atoms with van der Waals surface area (Å²) >= 11 is 0. The number of hydrogen-bond acceptors (Lipinski definition) is 4. The summed E-state index contributed by atoms with van der Waals surface area (Å²) in [6.07, 6.45) is 0. The average molecular weight is 428 g/mol. The molecule has 1 aromatic carbocycles. The van der Waals surface area contributed by atoms with Crippen LogP contribution in [0.2, 0.25) is 0 Å². The molecule has 28 heavy (non-hydrogen) atoms. The van der Waals surface area contributed by atoms with Crippen LogP contribution < -0.4 is 11.1 Å². The van der Waals surface area contributed by atoms with Gasteiger partial charge in [-0.25, -0.2) is 0 Å². The van der Waals surface area contributed by atoms with Crippen LogP contribution in [0.5, 0.6) is 0 Å². The van der Waals surface area contributed by atoms with Crippen molar-refractivity contribution in [3.8, 4) is 0 Å². The quantitative estimate of drug-likeness (QED) is 0.785. The van der Waals surface area contributed by atoms with Gasteiger partial charge in [0.1, 0.15) is 5.82 Å². The van der Waals surface area contributed by atoms with Crippen LogP contribution in [0.1, 0.15) is 37.9 Å². The van der Waals surface area contributed by atoms with Gasteiger partial charge in [0.2, 0.25) is 5.91 Å². The number of carbonyl (C=O) groups is 1.